The van der Waals surface area contributed by atoms with Crippen molar-refractivity contribution in [1.29, 1.82) is 0 Å². The molecule has 0 bridgehead atoms. The number of aliphatic hydroxyl groups is 2. The molecule has 0 spiro atoms. The van der Waals surface area contributed by atoms with Gasteiger partial charge in [0.05, 0.1) is 35.9 Å². The molecule has 5 unspecified atom stereocenters. The Morgan fingerprint density at radius 2 is 2.03 bits per heavy atom. The Bertz CT molecular complexity index is 1250. The number of allylic oxidation sites excluding steroid dienone is 1. The SMILES string of the molecule is C=C(O)CCCCn1cc(C2=CN(C3C[C@H](O)C(CCP(=O)(O)OP(=O)(O)C[PH](=O)O)O3)C(=C)NC2=O)nn1. The third-order valence-corrected chi connectivity index (χ3v) is 11.3. The molecule has 1 aromatic heterocycles. The monoisotopic (exact) mass is 611 g/mol. The van der Waals surface area contributed by atoms with Crippen molar-refractivity contribution in [2.45, 2.75) is 57.1 Å². The lowest BCUT2D eigenvalue weighted by molar-refractivity contribution is -0.116. The van der Waals surface area contributed by atoms with Crippen molar-refractivity contribution in [3.05, 3.63) is 42.8 Å². The lowest BCUT2D eigenvalue weighted by Crippen LogP contribution is -2.42. The topological polar surface area (TPSA) is 234 Å². The van der Waals surface area contributed by atoms with Gasteiger partial charge in [-0.15, -0.1) is 5.10 Å². The van der Waals surface area contributed by atoms with Gasteiger partial charge >= 0.3 is 15.2 Å². The smallest absolute Gasteiger partial charge is 0.344 e. The van der Waals surface area contributed by atoms with Crippen molar-refractivity contribution in [2.24, 2.45) is 0 Å². The van der Waals surface area contributed by atoms with Crippen LogP contribution in [0.4, 0.5) is 0 Å². The number of unbranched alkanes of at least 4 members (excludes halogenated alkanes) is 1. The predicted molar refractivity (Wildman–Crippen MR) is 138 cm³/mol. The number of aliphatic hydroxyl groups excluding tert-OH is 2. The first-order valence-corrected chi connectivity index (χ1v) is 16.9. The molecule has 1 saturated heterocycles. The number of aryl methyl sites for hydroxylation is 1. The lowest BCUT2D eigenvalue weighted by atomic mass is 10.1. The van der Waals surface area contributed by atoms with Crippen LogP contribution in [0.2, 0.25) is 0 Å². The van der Waals surface area contributed by atoms with E-state index < -0.39 is 59.6 Å². The highest BCUT2D eigenvalue weighted by atomic mass is 31.3. The van der Waals surface area contributed by atoms with Crippen LogP contribution in [0.25, 0.3) is 5.57 Å². The standard InChI is InChI=1S/C20H32N5O11P3/c1-13(26)5-3-4-7-24-11-16(22-23-24)15-10-25(14(2)21-20(15)28)19-9-17(27)18(35-19)6-8-38(31,32)36-39(33,34)12-37(29)30/h10-11,17-19,26-27,37H,1-9,12H2,(H,21,28)(H,29,30)(H,31,32)(H,33,34)/t17-,18?,19?/m0/s1. The van der Waals surface area contributed by atoms with E-state index in [-0.39, 0.29) is 35.7 Å². The zero-order valence-corrected chi connectivity index (χ0v) is 23.6. The minimum atomic E-state index is -4.77. The molecule has 1 fully saturated rings. The number of hydrogen-bond acceptors (Lipinski definition) is 11. The molecule has 2 aliphatic rings. The van der Waals surface area contributed by atoms with Crippen molar-refractivity contribution in [2.75, 3.05) is 12.1 Å². The molecule has 19 heteroatoms. The minimum Gasteiger partial charge on any atom is -0.513 e. The Kier molecular flexibility index (Phi) is 10.5. The molecule has 2 aliphatic heterocycles. The van der Waals surface area contributed by atoms with Gasteiger partial charge in [0.1, 0.15) is 23.6 Å². The van der Waals surface area contributed by atoms with Gasteiger partial charge in [-0.25, -0.2) is 4.31 Å². The van der Waals surface area contributed by atoms with Gasteiger partial charge in [-0.3, -0.25) is 23.2 Å². The number of carbonyl (C=O) groups excluding carboxylic acids is 1. The minimum absolute atomic E-state index is 0.0355. The summed E-state index contributed by atoms with van der Waals surface area (Å²) in [5.41, 5.74) is 0.443. The number of rotatable bonds is 14. The zero-order valence-electron chi connectivity index (χ0n) is 20.8. The van der Waals surface area contributed by atoms with Crippen LogP contribution in [0.15, 0.2) is 37.1 Å². The first kappa shape index (κ1) is 31.4. The van der Waals surface area contributed by atoms with E-state index in [9.17, 15) is 38.5 Å². The van der Waals surface area contributed by atoms with Crippen molar-refractivity contribution in [3.8, 4) is 0 Å². The van der Waals surface area contributed by atoms with Crippen LogP contribution >= 0.6 is 23.2 Å². The second-order valence-corrected chi connectivity index (χ2v) is 14.8. The van der Waals surface area contributed by atoms with E-state index in [1.54, 1.807) is 10.9 Å². The van der Waals surface area contributed by atoms with E-state index in [1.807, 2.05) is 0 Å². The lowest BCUT2D eigenvalue weighted by Gasteiger charge is -2.32. The third kappa shape index (κ3) is 9.21. The number of carbonyl (C=O) groups is 1. The summed E-state index contributed by atoms with van der Waals surface area (Å²) in [4.78, 5) is 42.4. The Hall–Kier alpha value is -2.12. The van der Waals surface area contributed by atoms with Crippen LogP contribution in [0.3, 0.4) is 0 Å². The number of hydrogen-bond donors (Lipinski definition) is 6. The van der Waals surface area contributed by atoms with Crippen LogP contribution in [0.5, 0.6) is 0 Å². The number of nitrogens with one attached hydrogen (secondary N) is 1. The fraction of sp³-hybridized carbons (Fsp3) is 0.550. The molecule has 218 valence electrons. The molecule has 3 rings (SSSR count). The van der Waals surface area contributed by atoms with Crippen LogP contribution in [0, 0.1) is 0 Å². The van der Waals surface area contributed by atoms with E-state index in [0.29, 0.717) is 25.8 Å². The molecule has 1 amide bonds. The maximum absolute atomic E-state index is 12.6. The fourth-order valence-electron chi connectivity index (χ4n) is 3.99. The second kappa shape index (κ2) is 13.0. The molecule has 0 aliphatic carbocycles. The molecule has 16 nitrogen and oxygen atoms in total. The number of nitrogens with zero attached hydrogens (tertiary/aromatic N) is 4. The highest BCUT2D eigenvalue weighted by molar-refractivity contribution is 7.71. The summed E-state index contributed by atoms with van der Waals surface area (Å²) in [5.74, 6) is -1.37. The van der Waals surface area contributed by atoms with Crippen molar-refractivity contribution in [3.63, 3.8) is 0 Å². The summed E-state index contributed by atoms with van der Waals surface area (Å²) in [6.07, 6.45) is 1.17. The molecule has 39 heavy (non-hydrogen) atoms. The maximum Gasteiger partial charge on any atom is 0.344 e. The predicted octanol–water partition coefficient (Wildman–Crippen LogP) is 1.44. The van der Waals surface area contributed by atoms with Gasteiger partial charge in [0.15, 0.2) is 0 Å². The summed E-state index contributed by atoms with van der Waals surface area (Å²) in [5, 5.41) is 30.3. The molecule has 6 N–H and O–H groups in total. The molecule has 6 atom stereocenters. The van der Waals surface area contributed by atoms with Gasteiger partial charge < -0.3 is 39.8 Å². The first-order valence-electron chi connectivity index (χ1n) is 11.8. The largest absolute Gasteiger partial charge is 0.513 e. The van der Waals surface area contributed by atoms with Crippen LogP contribution in [-0.4, -0.2) is 81.2 Å². The van der Waals surface area contributed by atoms with E-state index in [2.05, 4.69) is 33.1 Å². The molecule has 0 aromatic carbocycles. The number of ether oxygens (including phenoxy) is 1. The van der Waals surface area contributed by atoms with E-state index in [1.165, 1.54) is 11.1 Å². The summed E-state index contributed by atoms with van der Waals surface area (Å²) in [6, 6.07) is 0. The van der Waals surface area contributed by atoms with E-state index in [4.69, 9.17) is 9.63 Å². The number of amides is 1. The molecular weight excluding hydrogens is 579 g/mol. The molecule has 1 aromatic rings. The fourth-order valence-corrected chi connectivity index (χ4v) is 8.61. The normalized spacial score (nSPS) is 25.5. The summed E-state index contributed by atoms with van der Waals surface area (Å²) in [6.45, 7) is 7.74. The first-order chi connectivity index (χ1) is 18.2. The highest BCUT2D eigenvalue weighted by Gasteiger charge is 2.41. The van der Waals surface area contributed by atoms with Crippen molar-refractivity contribution in [1.82, 2.24) is 25.2 Å². The third-order valence-electron chi connectivity index (χ3n) is 5.80. The Morgan fingerprint density at radius 3 is 2.69 bits per heavy atom. The average molecular weight is 611 g/mol. The van der Waals surface area contributed by atoms with Gasteiger partial charge in [0.25, 0.3) is 5.91 Å². The van der Waals surface area contributed by atoms with Crippen LogP contribution in [-0.2, 0) is 34.1 Å². The molecule has 0 saturated carbocycles. The van der Waals surface area contributed by atoms with Gasteiger partial charge in [-0.2, -0.15) is 0 Å². The number of aromatic nitrogens is 3. The van der Waals surface area contributed by atoms with Crippen LogP contribution in [0.1, 0.15) is 37.8 Å². The van der Waals surface area contributed by atoms with Gasteiger partial charge in [-0.1, -0.05) is 18.4 Å². The van der Waals surface area contributed by atoms with Gasteiger partial charge in [-0.05, 0) is 19.3 Å². The van der Waals surface area contributed by atoms with E-state index >= 15 is 0 Å². The molecular formula is C20H32N5O11P3. The Balaban J connectivity index is 1.63. The Morgan fingerprint density at radius 1 is 1.31 bits per heavy atom. The van der Waals surface area contributed by atoms with Gasteiger partial charge in [0, 0.05) is 25.6 Å². The summed E-state index contributed by atoms with van der Waals surface area (Å²) >= 11 is 0. The van der Waals surface area contributed by atoms with Crippen molar-refractivity contribution >= 4 is 34.7 Å². The molecule has 0 radical (unpaired) electrons. The van der Waals surface area contributed by atoms with E-state index in [0.717, 1.165) is 0 Å². The zero-order chi connectivity index (χ0) is 29.0. The molecule has 3 heterocycles. The van der Waals surface area contributed by atoms with Gasteiger partial charge in [0.2, 0.25) is 8.03 Å². The van der Waals surface area contributed by atoms with Crippen LogP contribution < -0.4 is 5.32 Å². The summed E-state index contributed by atoms with van der Waals surface area (Å²) in [7, 11) is -12.8. The second-order valence-electron chi connectivity index (χ2n) is 9.09. The maximum atomic E-state index is 12.6. The highest BCUT2D eigenvalue weighted by Crippen LogP contribution is 2.62. The van der Waals surface area contributed by atoms with Crippen molar-refractivity contribution < 1.29 is 52.4 Å². The summed E-state index contributed by atoms with van der Waals surface area (Å²) < 4.78 is 46.6. The quantitative estimate of drug-likeness (QED) is 0.0993. The average Bonchev–Trinajstić information content (AvgIpc) is 3.40. The Labute approximate surface area is 224 Å².